The van der Waals surface area contributed by atoms with Gasteiger partial charge in [-0.15, -0.1) is 0 Å². The molecule has 3 saturated heterocycles. The summed E-state index contributed by atoms with van der Waals surface area (Å²) >= 11 is 3.57. The minimum atomic E-state index is -1.40. The van der Waals surface area contributed by atoms with Crippen LogP contribution < -0.4 is 5.32 Å². The lowest BCUT2D eigenvalue weighted by Crippen LogP contribution is -2.59. The first-order valence-corrected chi connectivity index (χ1v) is 16.6. The third-order valence-corrected chi connectivity index (χ3v) is 9.93. The van der Waals surface area contributed by atoms with Crippen molar-refractivity contribution in [2.75, 3.05) is 59.1 Å². The molecule has 13 heteroatoms. The van der Waals surface area contributed by atoms with Gasteiger partial charge in [0.1, 0.15) is 29.8 Å². The van der Waals surface area contributed by atoms with Crippen molar-refractivity contribution in [3.8, 4) is 0 Å². The molecule has 0 aromatic rings. The van der Waals surface area contributed by atoms with Crippen LogP contribution in [-0.4, -0.2) is 132 Å². The zero-order valence-corrected chi connectivity index (χ0v) is 27.4. The maximum Gasteiger partial charge on any atom is 0.313 e. The number of esters is 1. The molecule has 0 radical (unpaired) electrons. The number of cyclic esters (lactones) is 1. The molecule has 5 rings (SSSR count). The Morgan fingerprint density at radius 3 is 2.57 bits per heavy atom. The van der Waals surface area contributed by atoms with Crippen LogP contribution in [0.15, 0.2) is 22.7 Å². The number of carbonyl (C=O) groups excluding carboxylic acids is 4. The van der Waals surface area contributed by atoms with Crippen molar-refractivity contribution in [2.45, 2.75) is 69.9 Å². The second-order valence-corrected chi connectivity index (χ2v) is 13.8. The molecule has 3 amide bonds. The number of carbonyl (C=O) groups is 4. The number of morpholine rings is 1. The van der Waals surface area contributed by atoms with Gasteiger partial charge in [-0.05, 0) is 31.8 Å². The number of amides is 3. The number of halogens is 1. The van der Waals surface area contributed by atoms with Gasteiger partial charge < -0.3 is 34.4 Å². The van der Waals surface area contributed by atoms with E-state index in [0.717, 1.165) is 13.1 Å². The standard InChI is InChI=1S/C31H45BrN4O8/c1-19(2)15-21(18-37)36-27-29(40)35(10-9-34-11-13-42-14-12-34)8-6-4-5-7-23(38)33-17-20(3)43-30(41)24-25(28(36)39)31(27)16-22(32)26(24)44-31/h4,6,16,19-21,24-27,37H,5,7-15,17-18H2,1-3H3,(H,33,38)/b6-4-/t20-,21-,24+,25-,26+,27+,31-/m1/s1. The highest BCUT2D eigenvalue weighted by Gasteiger charge is 2.75. The van der Waals surface area contributed by atoms with E-state index >= 15 is 0 Å². The van der Waals surface area contributed by atoms with Crippen molar-refractivity contribution >= 4 is 39.6 Å². The van der Waals surface area contributed by atoms with Crippen LogP contribution in [0.5, 0.6) is 0 Å². The van der Waals surface area contributed by atoms with Gasteiger partial charge in [-0.1, -0.05) is 41.9 Å². The molecule has 0 aliphatic carbocycles. The zero-order chi connectivity index (χ0) is 31.6. The van der Waals surface area contributed by atoms with Crippen LogP contribution in [0.3, 0.4) is 0 Å². The average Bonchev–Trinajstić information content (AvgIpc) is 3.59. The largest absolute Gasteiger partial charge is 0.460 e. The van der Waals surface area contributed by atoms with Gasteiger partial charge in [0.25, 0.3) is 0 Å². The Balaban J connectivity index is 1.56. The minimum absolute atomic E-state index is 0.135. The first-order valence-electron chi connectivity index (χ1n) is 15.8. The van der Waals surface area contributed by atoms with Crippen LogP contribution in [-0.2, 0) is 33.4 Å². The number of hydrogen-bond acceptors (Lipinski definition) is 9. The summed E-state index contributed by atoms with van der Waals surface area (Å²) in [4.78, 5) is 60.9. The molecule has 5 aliphatic rings. The van der Waals surface area contributed by atoms with Gasteiger partial charge in [0.2, 0.25) is 17.7 Å². The van der Waals surface area contributed by atoms with Gasteiger partial charge in [0.05, 0.1) is 38.3 Å². The van der Waals surface area contributed by atoms with E-state index in [2.05, 4.69) is 26.1 Å². The Kier molecular flexibility index (Phi) is 10.5. The Bertz CT molecular complexity index is 1170. The minimum Gasteiger partial charge on any atom is -0.460 e. The molecule has 3 fully saturated rings. The predicted octanol–water partition coefficient (Wildman–Crippen LogP) is 0.825. The van der Waals surface area contributed by atoms with Crippen LogP contribution in [0.1, 0.15) is 40.0 Å². The van der Waals surface area contributed by atoms with Gasteiger partial charge >= 0.3 is 5.97 Å². The van der Waals surface area contributed by atoms with Gasteiger partial charge in [0, 0.05) is 43.6 Å². The van der Waals surface area contributed by atoms with Crippen molar-refractivity contribution < 1.29 is 38.5 Å². The van der Waals surface area contributed by atoms with Crippen LogP contribution in [0.4, 0.5) is 0 Å². The average molecular weight is 682 g/mol. The summed E-state index contributed by atoms with van der Waals surface area (Å²) in [6.45, 7) is 9.56. The van der Waals surface area contributed by atoms with E-state index in [1.54, 1.807) is 17.9 Å². The van der Waals surface area contributed by atoms with E-state index in [1.165, 1.54) is 4.90 Å². The molecule has 0 unspecified atom stereocenters. The maximum atomic E-state index is 14.8. The van der Waals surface area contributed by atoms with Crippen LogP contribution >= 0.6 is 15.9 Å². The molecule has 5 heterocycles. The molecule has 12 nitrogen and oxygen atoms in total. The predicted molar refractivity (Wildman–Crippen MR) is 163 cm³/mol. The van der Waals surface area contributed by atoms with Crippen LogP contribution in [0, 0.1) is 17.8 Å². The van der Waals surface area contributed by atoms with Gasteiger partial charge in [-0.3, -0.25) is 24.1 Å². The van der Waals surface area contributed by atoms with Crippen LogP contribution in [0.25, 0.3) is 0 Å². The fraction of sp³-hybridized carbons (Fsp3) is 0.742. The zero-order valence-electron chi connectivity index (χ0n) is 25.8. The topological polar surface area (TPSA) is 138 Å². The molecule has 244 valence electrons. The second kappa shape index (κ2) is 14.0. The number of nitrogens with zero attached hydrogens (tertiary/aromatic N) is 3. The first kappa shape index (κ1) is 33.1. The molecule has 1 spiro atoms. The molecule has 2 N–H and O–H groups in total. The highest BCUT2D eigenvalue weighted by Crippen LogP contribution is 2.59. The summed E-state index contributed by atoms with van der Waals surface area (Å²) < 4.78 is 18.4. The Morgan fingerprint density at radius 1 is 1.11 bits per heavy atom. The third-order valence-electron chi connectivity index (χ3n) is 9.25. The fourth-order valence-corrected chi connectivity index (χ4v) is 7.90. The molecular formula is C31H45BrN4O8. The molecule has 0 aromatic heterocycles. The second-order valence-electron chi connectivity index (χ2n) is 12.8. The number of allylic oxidation sites excluding steroid dienone is 1. The Hall–Kier alpha value is -2.32. The summed E-state index contributed by atoms with van der Waals surface area (Å²) in [6, 6.07) is -1.72. The number of nitrogens with one attached hydrogen (secondary N) is 1. The van der Waals surface area contributed by atoms with E-state index in [-0.39, 0.29) is 43.8 Å². The lowest BCUT2D eigenvalue weighted by Gasteiger charge is -2.39. The quantitative estimate of drug-likeness (QED) is 0.296. The molecular weight excluding hydrogens is 636 g/mol. The molecule has 5 bridgehead atoms. The van der Waals surface area contributed by atoms with Crippen molar-refractivity contribution in [1.82, 2.24) is 20.0 Å². The molecule has 0 aromatic carbocycles. The van der Waals surface area contributed by atoms with Crippen molar-refractivity contribution in [2.24, 2.45) is 17.8 Å². The van der Waals surface area contributed by atoms with E-state index in [9.17, 15) is 24.3 Å². The normalized spacial score (nSPS) is 35.0. The summed E-state index contributed by atoms with van der Waals surface area (Å²) in [5, 5.41) is 13.4. The maximum absolute atomic E-state index is 14.8. The van der Waals surface area contributed by atoms with Gasteiger partial charge in [-0.2, -0.15) is 0 Å². The lowest BCUT2D eigenvalue weighted by atomic mass is 9.74. The monoisotopic (exact) mass is 680 g/mol. The molecule has 44 heavy (non-hydrogen) atoms. The smallest absolute Gasteiger partial charge is 0.313 e. The summed E-state index contributed by atoms with van der Waals surface area (Å²) in [5.74, 6) is -3.33. The third kappa shape index (κ3) is 6.48. The number of ether oxygens (including phenoxy) is 3. The molecule has 5 aliphatic heterocycles. The van der Waals surface area contributed by atoms with Crippen molar-refractivity contribution in [3.05, 3.63) is 22.7 Å². The van der Waals surface area contributed by atoms with Gasteiger partial charge in [0.15, 0.2) is 0 Å². The first-order chi connectivity index (χ1) is 21.1. The van der Waals surface area contributed by atoms with Crippen molar-refractivity contribution in [3.63, 3.8) is 0 Å². The lowest BCUT2D eigenvalue weighted by molar-refractivity contribution is -0.159. The molecule has 0 saturated carbocycles. The number of fused-ring (bicyclic) bond motifs is 2. The fourth-order valence-electron chi connectivity index (χ4n) is 7.17. The Labute approximate surface area is 267 Å². The van der Waals surface area contributed by atoms with E-state index < -0.39 is 53.6 Å². The Morgan fingerprint density at radius 2 is 1.86 bits per heavy atom. The van der Waals surface area contributed by atoms with E-state index in [4.69, 9.17) is 14.2 Å². The summed E-state index contributed by atoms with van der Waals surface area (Å²) in [5.41, 5.74) is -1.40. The van der Waals surface area contributed by atoms with Crippen molar-refractivity contribution in [1.29, 1.82) is 0 Å². The van der Waals surface area contributed by atoms with Gasteiger partial charge in [-0.25, -0.2) is 0 Å². The number of aliphatic hydroxyl groups is 1. The highest BCUT2D eigenvalue weighted by atomic mass is 79.9. The summed E-state index contributed by atoms with van der Waals surface area (Å²) in [6.07, 6.45) is 5.35. The van der Waals surface area contributed by atoms with E-state index in [0.29, 0.717) is 43.6 Å². The number of hydrogen-bond donors (Lipinski definition) is 2. The number of likely N-dealkylation sites (tertiary alicyclic amines) is 1. The summed E-state index contributed by atoms with van der Waals surface area (Å²) in [7, 11) is 0. The number of aliphatic hydroxyl groups excluding tert-OH is 1. The number of rotatable bonds is 7. The van der Waals surface area contributed by atoms with Crippen LogP contribution in [0.2, 0.25) is 0 Å². The SMILES string of the molecule is CC(C)C[C@H](CO)N1C(=O)[C@H]2[C@@H]3C(=O)O[C@H](C)CNC(=O)CC/C=C\CN(CCN4CCOCC4)C(=O)[C@H]1[C@@]21C=C(Br)[C@@H]3O1. The molecule has 7 atom stereocenters. The highest BCUT2D eigenvalue weighted by molar-refractivity contribution is 9.11. The van der Waals surface area contributed by atoms with E-state index in [1.807, 2.05) is 26.0 Å².